The molecule has 0 N–H and O–H groups in total. The van der Waals surface area contributed by atoms with Gasteiger partial charge in [0.15, 0.2) is 5.58 Å². The van der Waals surface area contributed by atoms with Crippen molar-refractivity contribution in [2.24, 2.45) is 7.05 Å². The van der Waals surface area contributed by atoms with Gasteiger partial charge in [-0.3, -0.25) is 4.57 Å². The fraction of sp³-hybridized carbons (Fsp3) is 0.500. The van der Waals surface area contributed by atoms with Crippen molar-refractivity contribution < 1.29 is 12.8 Å². The molecule has 3 rings (SSSR count). The smallest absolute Gasteiger partial charge is 0.408 e. The maximum absolute atomic E-state index is 12.7. The van der Waals surface area contributed by atoms with E-state index in [2.05, 4.69) is 0 Å². The summed E-state index contributed by atoms with van der Waals surface area (Å²) in [5.41, 5.74) is 0.896. The number of nitrogens with zero attached hydrogens (tertiary/aromatic N) is 2. The van der Waals surface area contributed by atoms with Gasteiger partial charge in [0.25, 0.3) is 0 Å². The van der Waals surface area contributed by atoms with E-state index in [-0.39, 0.29) is 4.90 Å². The van der Waals surface area contributed by atoms with Crippen molar-refractivity contribution in [1.29, 1.82) is 0 Å². The van der Waals surface area contributed by atoms with Crippen LogP contribution in [-0.4, -0.2) is 30.4 Å². The molecule has 1 saturated heterocycles. The first-order chi connectivity index (χ1) is 10.00. The second-order valence-corrected chi connectivity index (χ2v) is 7.31. The van der Waals surface area contributed by atoms with Gasteiger partial charge in [-0.1, -0.05) is 12.8 Å². The first-order valence-corrected chi connectivity index (χ1v) is 8.54. The Labute approximate surface area is 123 Å². The van der Waals surface area contributed by atoms with Gasteiger partial charge in [0.1, 0.15) is 0 Å². The van der Waals surface area contributed by atoms with Crippen LogP contribution < -0.4 is 5.76 Å². The largest absolute Gasteiger partial charge is 0.419 e. The molecule has 21 heavy (non-hydrogen) atoms. The number of rotatable bonds is 2. The molecular weight excluding hydrogens is 292 g/mol. The van der Waals surface area contributed by atoms with Crippen molar-refractivity contribution in [3.63, 3.8) is 0 Å². The average Bonchev–Trinajstić information content (AvgIpc) is 2.67. The fourth-order valence-corrected chi connectivity index (χ4v) is 4.24. The zero-order chi connectivity index (χ0) is 15.0. The summed E-state index contributed by atoms with van der Waals surface area (Å²) in [6.45, 7) is 1.11. The molecule has 0 radical (unpaired) electrons. The maximum atomic E-state index is 12.7. The molecule has 1 aromatic carbocycles. The summed E-state index contributed by atoms with van der Waals surface area (Å²) < 4.78 is 33.3. The third kappa shape index (κ3) is 2.51. The van der Waals surface area contributed by atoms with E-state index < -0.39 is 15.8 Å². The van der Waals surface area contributed by atoms with Gasteiger partial charge in [-0.05, 0) is 25.0 Å². The first kappa shape index (κ1) is 14.3. The Hall–Kier alpha value is -1.60. The molecule has 7 heteroatoms. The second-order valence-electron chi connectivity index (χ2n) is 5.37. The third-order valence-corrected chi connectivity index (χ3v) is 5.86. The molecule has 0 bridgehead atoms. The van der Waals surface area contributed by atoms with Crippen molar-refractivity contribution in [3.8, 4) is 0 Å². The van der Waals surface area contributed by atoms with Crippen molar-refractivity contribution in [1.82, 2.24) is 8.87 Å². The highest BCUT2D eigenvalue weighted by atomic mass is 32.2. The van der Waals surface area contributed by atoms with Gasteiger partial charge in [0.2, 0.25) is 10.0 Å². The summed E-state index contributed by atoms with van der Waals surface area (Å²) in [5, 5.41) is 0. The molecule has 1 aliphatic rings. The molecule has 0 amide bonds. The van der Waals surface area contributed by atoms with Crippen LogP contribution in [0, 0.1) is 0 Å². The summed E-state index contributed by atoms with van der Waals surface area (Å²) >= 11 is 0. The number of oxazole rings is 1. The summed E-state index contributed by atoms with van der Waals surface area (Å²) in [7, 11) is -1.92. The molecule has 114 valence electrons. The molecule has 2 heterocycles. The summed E-state index contributed by atoms with van der Waals surface area (Å²) in [5.74, 6) is -0.491. The van der Waals surface area contributed by atoms with Crippen LogP contribution in [-0.2, 0) is 17.1 Å². The summed E-state index contributed by atoms with van der Waals surface area (Å²) in [6.07, 6.45) is 3.92. The number of hydrogen-bond acceptors (Lipinski definition) is 4. The van der Waals surface area contributed by atoms with E-state index in [9.17, 15) is 13.2 Å². The minimum atomic E-state index is -3.52. The van der Waals surface area contributed by atoms with Gasteiger partial charge in [-0.15, -0.1) is 0 Å². The normalized spacial score (nSPS) is 18.0. The lowest BCUT2D eigenvalue weighted by Crippen LogP contribution is -2.31. The highest BCUT2D eigenvalue weighted by molar-refractivity contribution is 7.89. The van der Waals surface area contributed by atoms with Gasteiger partial charge < -0.3 is 4.42 Å². The van der Waals surface area contributed by atoms with Crippen LogP contribution in [0.25, 0.3) is 11.1 Å². The minimum Gasteiger partial charge on any atom is -0.408 e. The van der Waals surface area contributed by atoms with Crippen LogP contribution in [0.1, 0.15) is 25.7 Å². The van der Waals surface area contributed by atoms with Crippen LogP contribution in [0.5, 0.6) is 0 Å². The van der Waals surface area contributed by atoms with Crippen molar-refractivity contribution in [2.75, 3.05) is 13.1 Å². The molecule has 1 fully saturated rings. The Bertz CT molecular complexity index is 811. The zero-order valence-corrected chi connectivity index (χ0v) is 12.7. The molecular formula is C14H18N2O4S. The predicted molar refractivity (Wildman–Crippen MR) is 78.7 cm³/mol. The Morgan fingerprint density at radius 1 is 1.10 bits per heavy atom. The predicted octanol–water partition coefficient (Wildman–Crippen LogP) is 1.70. The van der Waals surface area contributed by atoms with E-state index in [0.29, 0.717) is 24.2 Å². The standard InChI is InChI=1S/C14H18N2O4S/c1-15-12-7-6-11(10-13(12)20-14(15)17)21(18,19)16-8-4-2-3-5-9-16/h6-7,10H,2-5,8-9H2,1H3. The van der Waals surface area contributed by atoms with Gasteiger partial charge in [0, 0.05) is 26.2 Å². The molecule has 1 aliphatic heterocycles. The summed E-state index contributed by atoms with van der Waals surface area (Å²) in [4.78, 5) is 11.7. The SMILES string of the molecule is Cn1c(=O)oc2cc(S(=O)(=O)N3CCCCCC3)ccc21. The van der Waals surface area contributed by atoms with Crippen LogP contribution in [0.4, 0.5) is 0 Å². The molecule has 0 unspecified atom stereocenters. The third-order valence-electron chi connectivity index (χ3n) is 3.97. The Kier molecular flexibility index (Phi) is 3.62. The maximum Gasteiger partial charge on any atom is 0.419 e. The van der Waals surface area contributed by atoms with E-state index in [1.807, 2.05) is 0 Å². The Balaban J connectivity index is 2.03. The van der Waals surface area contributed by atoms with Gasteiger partial charge in [0.05, 0.1) is 10.4 Å². The van der Waals surface area contributed by atoms with Gasteiger partial charge in [-0.2, -0.15) is 4.31 Å². The number of aryl methyl sites for hydroxylation is 1. The number of hydrogen-bond donors (Lipinski definition) is 0. The highest BCUT2D eigenvalue weighted by Crippen LogP contribution is 2.23. The van der Waals surface area contributed by atoms with Crippen LogP contribution in [0.15, 0.2) is 32.3 Å². The van der Waals surface area contributed by atoms with Crippen molar-refractivity contribution >= 4 is 21.1 Å². The van der Waals surface area contributed by atoms with Crippen LogP contribution in [0.3, 0.4) is 0 Å². The average molecular weight is 310 g/mol. The van der Waals surface area contributed by atoms with Crippen LogP contribution in [0.2, 0.25) is 0 Å². The second kappa shape index (κ2) is 5.31. The fourth-order valence-electron chi connectivity index (χ4n) is 2.71. The number of aromatic nitrogens is 1. The number of sulfonamides is 1. The van der Waals surface area contributed by atoms with E-state index in [1.54, 1.807) is 13.1 Å². The quantitative estimate of drug-likeness (QED) is 0.846. The van der Waals surface area contributed by atoms with Gasteiger partial charge >= 0.3 is 5.76 Å². The molecule has 1 aromatic heterocycles. The topological polar surface area (TPSA) is 72.5 Å². The Morgan fingerprint density at radius 3 is 2.43 bits per heavy atom. The lowest BCUT2D eigenvalue weighted by molar-refractivity contribution is 0.423. The van der Waals surface area contributed by atoms with E-state index in [1.165, 1.54) is 21.0 Å². The number of fused-ring (bicyclic) bond motifs is 1. The monoisotopic (exact) mass is 310 g/mol. The Morgan fingerprint density at radius 2 is 1.76 bits per heavy atom. The molecule has 6 nitrogen and oxygen atoms in total. The lowest BCUT2D eigenvalue weighted by atomic mass is 10.2. The van der Waals surface area contributed by atoms with Gasteiger partial charge in [-0.25, -0.2) is 13.2 Å². The highest BCUT2D eigenvalue weighted by Gasteiger charge is 2.25. The first-order valence-electron chi connectivity index (χ1n) is 7.10. The zero-order valence-electron chi connectivity index (χ0n) is 11.9. The summed E-state index contributed by atoms with van der Waals surface area (Å²) in [6, 6.07) is 4.60. The molecule has 0 saturated carbocycles. The van der Waals surface area contributed by atoms with E-state index in [0.717, 1.165) is 25.7 Å². The van der Waals surface area contributed by atoms with Crippen molar-refractivity contribution in [2.45, 2.75) is 30.6 Å². The minimum absolute atomic E-state index is 0.186. The molecule has 0 aliphatic carbocycles. The molecule has 2 aromatic rings. The van der Waals surface area contributed by atoms with E-state index >= 15 is 0 Å². The van der Waals surface area contributed by atoms with Crippen LogP contribution >= 0.6 is 0 Å². The van der Waals surface area contributed by atoms with Crippen molar-refractivity contribution in [3.05, 3.63) is 28.7 Å². The molecule has 0 spiro atoms. The van der Waals surface area contributed by atoms with E-state index in [4.69, 9.17) is 4.42 Å². The lowest BCUT2D eigenvalue weighted by Gasteiger charge is -2.19. The molecule has 0 atom stereocenters. The number of benzene rings is 1.